The molecule has 0 aliphatic rings. The highest BCUT2D eigenvalue weighted by molar-refractivity contribution is 4.96. The third-order valence-corrected chi connectivity index (χ3v) is 2.29. The molecule has 114 valence electrons. The van der Waals surface area contributed by atoms with Gasteiger partial charge in [0.05, 0.1) is 0 Å². The van der Waals surface area contributed by atoms with Crippen LogP contribution in [0.3, 0.4) is 0 Å². The summed E-state index contributed by atoms with van der Waals surface area (Å²) in [5.74, 6) is 0.898. The third kappa shape index (κ3) is 36.1. The second kappa shape index (κ2) is 25.5. The standard InChI is InChI=1S/C9H18.C6H14.C2H6.H2O/c1-4-6-8-9(3)7-5-2;1-4-5-6(2)3;1-2;/h8H,4-7H2,1-3H3;6H,4-5H2,1-3H3;1-2H3;1H2/b9-8+;;;. The molecule has 1 nitrogen and oxygen atoms in total. The maximum Gasteiger partial charge on any atom is -0.0326 e. The first-order chi connectivity index (χ1) is 8.08. The van der Waals surface area contributed by atoms with Crippen molar-refractivity contribution in [2.75, 3.05) is 0 Å². The molecule has 0 rings (SSSR count). The Balaban J connectivity index is -0.0000000958. The topological polar surface area (TPSA) is 31.5 Å². The van der Waals surface area contributed by atoms with Crippen LogP contribution in [0, 0.1) is 5.92 Å². The molecule has 0 aliphatic carbocycles. The van der Waals surface area contributed by atoms with Crippen LogP contribution in [0.15, 0.2) is 11.6 Å². The maximum atomic E-state index is 2.35. The van der Waals surface area contributed by atoms with Crippen LogP contribution >= 0.6 is 0 Å². The molecule has 0 radical (unpaired) electrons. The van der Waals surface area contributed by atoms with E-state index in [0.717, 1.165) is 5.92 Å². The van der Waals surface area contributed by atoms with E-state index in [4.69, 9.17) is 0 Å². The summed E-state index contributed by atoms with van der Waals surface area (Å²) in [5, 5.41) is 0. The summed E-state index contributed by atoms with van der Waals surface area (Å²) in [7, 11) is 0. The minimum Gasteiger partial charge on any atom is -0.412 e. The molecule has 0 aliphatic heterocycles. The van der Waals surface area contributed by atoms with Crippen molar-refractivity contribution in [2.45, 2.75) is 93.9 Å². The van der Waals surface area contributed by atoms with Crippen molar-refractivity contribution < 1.29 is 5.48 Å². The van der Waals surface area contributed by atoms with Crippen molar-refractivity contribution in [3.63, 3.8) is 0 Å². The second-order valence-electron chi connectivity index (χ2n) is 4.77. The van der Waals surface area contributed by atoms with Gasteiger partial charge < -0.3 is 5.48 Å². The molecule has 0 amide bonds. The van der Waals surface area contributed by atoms with Gasteiger partial charge in [-0.1, -0.05) is 85.8 Å². The van der Waals surface area contributed by atoms with Crippen LogP contribution < -0.4 is 0 Å². The van der Waals surface area contributed by atoms with E-state index in [1.165, 1.54) is 38.5 Å². The van der Waals surface area contributed by atoms with Gasteiger partial charge in [0, 0.05) is 0 Å². The monoisotopic (exact) mass is 260 g/mol. The van der Waals surface area contributed by atoms with Crippen molar-refractivity contribution >= 4 is 0 Å². The van der Waals surface area contributed by atoms with Crippen LogP contribution in [-0.2, 0) is 0 Å². The average Bonchev–Trinajstić information content (AvgIpc) is 2.30. The molecule has 0 aromatic carbocycles. The van der Waals surface area contributed by atoms with Crippen molar-refractivity contribution in [3.8, 4) is 0 Å². The maximum absolute atomic E-state index is 2.35. The summed E-state index contributed by atoms with van der Waals surface area (Å²) in [6.07, 6.45) is 10.2. The quantitative estimate of drug-likeness (QED) is 0.511. The Morgan fingerprint density at radius 2 is 1.44 bits per heavy atom. The van der Waals surface area contributed by atoms with Crippen molar-refractivity contribution in [1.29, 1.82) is 0 Å². The van der Waals surface area contributed by atoms with E-state index < -0.39 is 0 Å². The average molecular weight is 261 g/mol. The Morgan fingerprint density at radius 3 is 1.67 bits per heavy atom. The molecule has 0 saturated carbocycles. The predicted molar refractivity (Wildman–Crippen MR) is 88.3 cm³/mol. The lowest BCUT2D eigenvalue weighted by atomic mass is 10.1. The molecule has 0 atom stereocenters. The van der Waals surface area contributed by atoms with Gasteiger partial charge in [0.15, 0.2) is 0 Å². The minimum atomic E-state index is 0. The van der Waals surface area contributed by atoms with Crippen molar-refractivity contribution in [2.24, 2.45) is 5.92 Å². The number of unbranched alkanes of at least 4 members (excludes halogenated alkanes) is 1. The van der Waals surface area contributed by atoms with Crippen LogP contribution in [0.25, 0.3) is 0 Å². The fraction of sp³-hybridized carbons (Fsp3) is 0.882. The Kier molecular flexibility index (Phi) is 37.3. The first-order valence-electron chi connectivity index (χ1n) is 7.73. The summed E-state index contributed by atoms with van der Waals surface area (Å²) in [5.41, 5.74) is 1.55. The Morgan fingerprint density at radius 1 is 0.944 bits per heavy atom. The van der Waals surface area contributed by atoms with Gasteiger partial charge in [0.1, 0.15) is 0 Å². The summed E-state index contributed by atoms with van der Waals surface area (Å²) in [6.45, 7) is 17.4. The van der Waals surface area contributed by atoms with Gasteiger partial charge in [-0.2, -0.15) is 0 Å². The second-order valence-corrected chi connectivity index (χ2v) is 4.77. The Bertz CT molecular complexity index is 137. The zero-order chi connectivity index (χ0) is 14.1. The minimum absolute atomic E-state index is 0. The zero-order valence-corrected chi connectivity index (χ0v) is 14.4. The van der Waals surface area contributed by atoms with Crippen LogP contribution in [0.1, 0.15) is 93.9 Å². The Labute approximate surface area is 117 Å². The fourth-order valence-electron chi connectivity index (χ4n) is 1.46. The predicted octanol–water partition coefficient (Wildman–Crippen LogP) is 6.18. The normalized spacial score (nSPS) is 9.72. The van der Waals surface area contributed by atoms with Gasteiger partial charge in [-0.05, 0) is 25.7 Å². The van der Waals surface area contributed by atoms with Crippen LogP contribution in [-0.4, -0.2) is 5.48 Å². The van der Waals surface area contributed by atoms with E-state index in [1.807, 2.05) is 13.8 Å². The molecular weight excluding hydrogens is 220 g/mol. The largest absolute Gasteiger partial charge is 0.412 e. The number of hydrogen-bond acceptors (Lipinski definition) is 0. The third-order valence-electron chi connectivity index (χ3n) is 2.29. The van der Waals surface area contributed by atoms with Crippen LogP contribution in [0.2, 0.25) is 0 Å². The molecular formula is C17H40O. The van der Waals surface area contributed by atoms with Crippen molar-refractivity contribution in [1.82, 2.24) is 0 Å². The highest BCUT2D eigenvalue weighted by atomic mass is 16.0. The number of hydrogen-bond donors (Lipinski definition) is 0. The summed E-state index contributed by atoms with van der Waals surface area (Å²) in [4.78, 5) is 0. The zero-order valence-electron chi connectivity index (χ0n) is 14.4. The molecule has 0 aromatic rings. The van der Waals surface area contributed by atoms with Gasteiger partial charge in [0.2, 0.25) is 0 Å². The molecule has 0 heterocycles. The van der Waals surface area contributed by atoms with Crippen LogP contribution in [0.4, 0.5) is 0 Å². The molecule has 0 unspecified atom stereocenters. The lowest BCUT2D eigenvalue weighted by molar-refractivity contribution is 0.576. The number of allylic oxidation sites excluding steroid dienone is 2. The van der Waals surface area contributed by atoms with E-state index in [9.17, 15) is 0 Å². The summed E-state index contributed by atoms with van der Waals surface area (Å²) in [6, 6.07) is 0. The van der Waals surface area contributed by atoms with E-state index >= 15 is 0 Å². The smallest absolute Gasteiger partial charge is 0.0326 e. The molecule has 0 saturated heterocycles. The SMILES string of the molecule is CC.CCC/C=C(\C)CCC.CCCC(C)C.O. The lowest BCUT2D eigenvalue weighted by Crippen LogP contribution is -1.81. The van der Waals surface area contributed by atoms with Gasteiger partial charge in [-0.25, -0.2) is 0 Å². The van der Waals surface area contributed by atoms with Gasteiger partial charge in [-0.3, -0.25) is 0 Å². The molecule has 0 bridgehead atoms. The Hall–Kier alpha value is -0.300. The van der Waals surface area contributed by atoms with E-state index in [2.05, 4.69) is 47.6 Å². The fourth-order valence-corrected chi connectivity index (χ4v) is 1.46. The van der Waals surface area contributed by atoms with Gasteiger partial charge in [-0.15, -0.1) is 0 Å². The van der Waals surface area contributed by atoms with E-state index in [1.54, 1.807) is 5.57 Å². The van der Waals surface area contributed by atoms with E-state index in [-0.39, 0.29) is 5.48 Å². The lowest BCUT2D eigenvalue weighted by Gasteiger charge is -1.95. The van der Waals surface area contributed by atoms with Gasteiger partial charge >= 0.3 is 0 Å². The first-order valence-corrected chi connectivity index (χ1v) is 7.73. The molecule has 0 spiro atoms. The molecule has 1 heteroatoms. The van der Waals surface area contributed by atoms with Crippen molar-refractivity contribution in [3.05, 3.63) is 11.6 Å². The summed E-state index contributed by atoms with van der Waals surface area (Å²) < 4.78 is 0. The van der Waals surface area contributed by atoms with Crippen LogP contribution in [0.5, 0.6) is 0 Å². The summed E-state index contributed by atoms with van der Waals surface area (Å²) >= 11 is 0. The molecule has 0 aromatic heterocycles. The molecule has 2 N–H and O–H groups in total. The first kappa shape index (κ1) is 26.3. The number of rotatable bonds is 6. The van der Waals surface area contributed by atoms with Gasteiger partial charge in [0.25, 0.3) is 0 Å². The van der Waals surface area contributed by atoms with E-state index in [0.29, 0.717) is 0 Å². The highest BCUT2D eigenvalue weighted by Gasteiger charge is 1.85. The highest BCUT2D eigenvalue weighted by Crippen LogP contribution is 2.04. The molecule has 18 heavy (non-hydrogen) atoms. The molecule has 0 fully saturated rings.